The molecule has 0 bridgehead atoms. The van der Waals surface area contributed by atoms with Crippen LogP contribution in [0.15, 0.2) is 47.6 Å². The first-order chi connectivity index (χ1) is 12.5. The second-order valence-corrected chi connectivity index (χ2v) is 6.80. The van der Waals surface area contributed by atoms with Crippen LogP contribution in [0.1, 0.15) is 15.9 Å². The Kier molecular flexibility index (Phi) is 5.19. The highest BCUT2D eigenvalue weighted by molar-refractivity contribution is 8.26. The molecule has 1 fully saturated rings. The number of phenolic OH excluding ortho intramolecular Hbond substituents is 1. The molecular weight excluding hydrogens is 374 g/mol. The predicted octanol–water partition coefficient (Wildman–Crippen LogP) is 2.34. The number of carbonyl (C=O) groups is 2. The zero-order valence-corrected chi connectivity index (χ0v) is 15.1. The number of hydrogen-bond donors (Lipinski definition) is 2. The van der Waals surface area contributed by atoms with Gasteiger partial charge in [0.25, 0.3) is 11.8 Å². The van der Waals surface area contributed by atoms with Crippen LogP contribution >= 0.6 is 24.0 Å². The van der Waals surface area contributed by atoms with Crippen molar-refractivity contribution in [2.75, 3.05) is 7.11 Å². The number of methoxy groups -OCH3 is 1. The summed E-state index contributed by atoms with van der Waals surface area (Å²) in [6, 6.07) is 7.77. The van der Waals surface area contributed by atoms with Crippen LogP contribution in [0.4, 0.5) is 0 Å². The number of nitrogens with zero attached hydrogens (tertiary/aromatic N) is 2. The molecule has 1 aliphatic rings. The second-order valence-electron chi connectivity index (χ2n) is 5.13. The van der Waals surface area contributed by atoms with Crippen LogP contribution in [-0.4, -0.2) is 38.3 Å². The smallest absolute Gasteiger partial charge is 0.285 e. The third kappa shape index (κ3) is 3.68. The van der Waals surface area contributed by atoms with Gasteiger partial charge in [-0.3, -0.25) is 20.0 Å². The zero-order chi connectivity index (χ0) is 18.7. The van der Waals surface area contributed by atoms with Crippen molar-refractivity contribution in [3.8, 4) is 11.5 Å². The molecule has 2 N–H and O–H groups in total. The molecule has 0 spiro atoms. The van der Waals surface area contributed by atoms with Crippen molar-refractivity contribution < 1.29 is 19.4 Å². The van der Waals surface area contributed by atoms with Gasteiger partial charge in [0.15, 0.2) is 15.8 Å². The van der Waals surface area contributed by atoms with Gasteiger partial charge in [0.1, 0.15) is 0 Å². The highest BCUT2D eigenvalue weighted by Crippen LogP contribution is 2.33. The number of benzene rings is 1. The van der Waals surface area contributed by atoms with Gasteiger partial charge in [0, 0.05) is 18.0 Å². The summed E-state index contributed by atoms with van der Waals surface area (Å²) >= 11 is 6.25. The maximum atomic E-state index is 12.6. The van der Waals surface area contributed by atoms with E-state index in [9.17, 15) is 14.7 Å². The van der Waals surface area contributed by atoms with Crippen molar-refractivity contribution in [1.29, 1.82) is 0 Å². The Hall–Kier alpha value is -2.91. The van der Waals surface area contributed by atoms with E-state index in [2.05, 4.69) is 10.4 Å². The van der Waals surface area contributed by atoms with Crippen molar-refractivity contribution in [3.05, 3.63) is 58.8 Å². The molecule has 0 atom stereocenters. The van der Waals surface area contributed by atoms with Gasteiger partial charge in [-0.1, -0.05) is 17.8 Å². The summed E-state index contributed by atoms with van der Waals surface area (Å²) in [6.07, 6.45) is 4.58. The van der Waals surface area contributed by atoms with Crippen LogP contribution in [0.25, 0.3) is 6.08 Å². The number of thiocarbonyl (C=S) groups is 1. The van der Waals surface area contributed by atoms with Gasteiger partial charge < -0.3 is 9.84 Å². The number of aromatic nitrogens is 1. The summed E-state index contributed by atoms with van der Waals surface area (Å²) in [5.74, 6) is -0.604. The van der Waals surface area contributed by atoms with Crippen molar-refractivity contribution in [2.45, 2.75) is 0 Å². The average Bonchev–Trinajstić information content (AvgIpc) is 2.91. The Labute approximate surface area is 158 Å². The monoisotopic (exact) mass is 387 g/mol. The molecule has 3 rings (SSSR count). The van der Waals surface area contributed by atoms with Gasteiger partial charge in [-0.2, -0.15) is 5.01 Å². The standard InChI is InChI=1S/C17H13N3O4S2/c1-24-13-8-10(2-3-12(13)21)9-14-16(23)20(17(25)26-14)19-15(22)11-4-6-18-7-5-11/h2-9,21H,1H3,(H,19,22). The van der Waals surface area contributed by atoms with Crippen molar-refractivity contribution in [3.63, 3.8) is 0 Å². The molecule has 26 heavy (non-hydrogen) atoms. The molecule has 0 radical (unpaired) electrons. The molecule has 2 aromatic rings. The normalized spacial score (nSPS) is 15.4. The van der Waals surface area contributed by atoms with Crippen molar-refractivity contribution in [1.82, 2.24) is 15.4 Å². The van der Waals surface area contributed by atoms with Crippen LogP contribution in [-0.2, 0) is 4.79 Å². The van der Waals surface area contributed by atoms with Crippen LogP contribution in [0.3, 0.4) is 0 Å². The Morgan fingerprint density at radius 2 is 2.08 bits per heavy atom. The van der Waals surface area contributed by atoms with Gasteiger partial charge in [0.05, 0.1) is 12.0 Å². The van der Waals surface area contributed by atoms with E-state index < -0.39 is 11.8 Å². The minimum atomic E-state index is -0.462. The number of hydrogen-bond acceptors (Lipinski definition) is 7. The molecule has 1 saturated heterocycles. The molecule has 7 nitrogen and oxygen atoms in total. The lowest BCUT2D eigenvalue weighted by atomic mass is 10.2. The number of ether oxygens (including phenoxy) is 1. The summed E-state index contributed by atoms with van der Waals surface area (Å²) in [4.78, 5) is 28.9. The lowest BCUT2D eigenvalue weighted by Crippen LogP contribution is -2.44. The molecule has 1 aromatic heterocycles. The summed E-state index contributed by atoms with van der Waals surface area (Å²) < 4.78 is 5.27. The van der Waals surface area contributed by atoms with Crippen LogP contribution in [0.2, 0.25) is 0 Å². The molecule has 1 aromatic carbocycles. The molecule has 9 heteroatoms. The first-order valence-electron chi connectivity index (χ1n) is 7.35. The SMILES string of the molecule is COc1cc(C=C2SC(=S)N(NC(=O)c3ccncc3)C2=O)ccc1O. The fourth-order valence-electron chi connectivity index (χ4n) is 2.17. The third-order valence-electron chi connectivity index (χ3n) is 3.45. The molecule has 0 unspecified atom stereocenters. The van der Waals surface area contributed by atoms with E-state index in [1.165, 1.54) is 37.7 Å². The number of aromatic hydroxyl groups is 1. The lowest BCUT2D eigenvalue weighted by Gasteiger charge is -2.15. The fraction of sp³-hybridized carbons (Fsp3) is 0.0588. The number of hydrazine groups is 1. The number of phenols is 1. The Bertz CT molecular complexity index is 915. The number of nitrogens with one attached hydrogen (secondary N) is 1. The molecule has 1 aliphatic heterocycles. The van der Waals surface area contributed by atoms with E-state index in [0.29, 0.717) is 21.8 Å². The van der Waals surface area contributed by atoms with Crippen LogP contribution < -0.4 is 10.2 Å². The summed E-state index contributed by atoms with van der Waals surface area (Å²) in [6.45, 7) is 0. The third-order valence-corrected chi connectivity index (χ3v) is 4.75. The average molecular weight is 387 g/mol. The maximum Gasteiger partial charge on any atom is 0.285 e. The minimum Gasteiger partial charge on any atom is -0.504 e. The van der Waals surface area contributed by atoms with E-state index in [1.54, 1.807) is 18.2 Å². The maximum absolute atomic E-state index is 12.6. The van der Waals surface area contributed by atoms with E-state index in [4.69, 9.17) is 17.0 Å². The fourth-order valence-corrected chi connectivity index (χ4v) is 3.35. The molecular formula is C17H13N3O4S2. The van der Waals surface area contributed by atoms with Crippen LogP contribution in [0.5, 0.6) is 11.5 Å². The summed E-state index contributed by atoms with van der Waals surface area (Å²) in [5, 5.41) is 10.7. The number of amides is 2. The van der Waals surface area contributed by atoms with E-state index in [0.717, 1.165) is 16.8 Å². The summed E-state index contributed by atoms with van der Waals surface area (Å²) in [5.41, 5.74) is 3.51. The number of carbonyl (C=O) groups excluding carboxylic acids is 2. The van der Waals surface area contributed by atoms with E-state index in [1.807, 2.05) is 0 Å². The predicted molar refractivity (Wildman–Crippen MR) is 101 cm³/mol. The van der Waals surface area contributed by atoms with E-state index >= 15 is 0 Å². The number of thioether (sulfide) groups is 1. The molecule has 0 aliphatic carbocycles. The van der Waals surface area contributed by atoms with Crippen molar-refractivity contribution in [2.24, 2.45) is 0 Å². The first kappa shape index (κ1) is 17.9. The second kappa shape index (κ2) is 7.54. The molecule has 132 valence electrons. The first-order valence-corrected chi connectivity index (χ1v) is 8.58. The highest BCUT2D eigenvalue weighted by atomic mass is 32.2. The largest absolute Gasteiger partial charge is 0.504 e. The number of rotatable bonds is 4. The van der Waals surface area contributed by atoms with Crippen LogP contribution in [0, 0.1) is 0 Å². The molecule has 0 saturated carbocycles. The Morgan fingerprint density at radius 3 is 2.77 bits per heavy atom. The van der Waals surface area contributed by atoms with Gasteiger partial charge >= 0.3 is 0 Å². The lowest BCUT2D eigenvalue weighted by molar-refractivity contribution is -0.123. The zero-order valence-electron chi connectivity index (χ0n) is 13.5. The van der Waals surface area contributed by atoms with Gasteiger partial charge in [-0.25, -0.2) is 0 Å². The molecule has 2 heterocycles. The summed E-state index contributed by atoms with van der Waals surface area (Å²) in [7, 11) is 1.44. The Morgan fingerprint density at radius 1 is 1.35 bits per heavy atom. The molecule has 2 amide bonds. The van der Waals surface area contributed by atoms with Gasteiger partial charge in [-0.05, 0) is 48.1 Å². The topological polar surface area (TPSA) is 91.8 Å². The quantitative estimate of drug-likeness (QED) is 0.614. The van der Waals surface area contributed by atoms with Gasteiger partial charge in [0.2, 0.25) is 0 Å². The minimum absolute atomic E-state index is 0.00168. The Balaban J connectivity index is 1.79. The van der Waals surface area contributed by atoms with Crippen molar-refractivity contribution >= 4 is 46.2 Å². The highest BCUT2D eigenvalue weighted by Gasteiger charge is 2.33. The number of pyridine rings is 1. The van der Waals surface area contributed by atoms with E-state index in [-0.39, 0.29) is 10.1 Å². The van der Waals surface area contributed by atoms with Gasteiger partial charge in [-0.15, -0.1) is 0 Å².